The van der Waals surface area contributed by atoms with Gasteiger partial charge in [0.2, 0.25) is 5.91 Å². The zero-order chi connectivity index (χ0) is 23.9. The van der Waals surface area contributed by atoms with Gasteiger partial charge in [-0.3, -0.25) is 18.1 Å². The van der Waals surface area contributed by atoms with Gasteiger partial charge in [0, 0.05) is 42.5 Å². The number of likely N-dealkylation sites (N-methyl/N-ethyl adjacent to an activating group) is 1. The van der Waals surface area contributed by atoms with Crippen molar-refractivity contribution >= 4 is 16.3 Å². The maximum Gasteiger partial charge on any atom is 0.238 e. The van der Waals surface area contributed by atoms with Crippen molar-refractivity contribution in [3.8, 4) is 0 Å². The summed E-state index contributed by atoms with van der Waals surface area (Å²) in [5, 5.41) is 0. The van der Waals surface area contributed by atoms with E-state index in [1.54, 1.807) is 0 Å². The number of carbonyl (C=O) groups excluding carboxylic acids is 1. The summed E-state index contributed by atoms with van der Waals surface area (Å²) in [5.41, 5.74) is 1.65. The number of likely N-dealkylation sites (tertiary alicyclic amines) is 1. The number of morpholine rings is 1. The van der Waals surface area contributed by atoms with E-state index in [-0.39, 0.29) is 11.8 Å². The zero-order valence-electron chi connectivity index (χ0n) is 18.8. The van der Waals surface area contributed by atoms with Crippen molar-refractivity contribution in [3.63, 3.8) is 0 Å². The van der Waals surface area contributed by atoms with E-state index in [1.165, 1.54) is 0 Å². The number of ether oxygens (including phenoxy) is 1. The Balaban J connectivity index is 0.000000555. The molecule has 1 atom stereocenters. The van der Waals surface area contributed by atoms with Crippen LogP contribution < -0.4 is 0 Å². The van der Waals surface area contributed by atoms with E-state index >= 15 is 0 Å². The van der Waals surface area contributed by atoms with Crippen molar-refractivity contribution in [1.29, 1.82) is 0 Å². The van der Waals surface area contributed by atoms with Gasteiger partial charge in [0.25, 0.3) is 0 Å². The number of rotatable bonds is 6. The Morgan fingerprint density at radius 3 is 1.91 bits per heavy atom. The van der Waals surface area contributed by atoms with Crippen LogP contribution in [0.1, 0.15) is 24.5 Å². The van der Waals surface area contributed by atoms with Crippen LogP contribution in [0.5, 0.6) is 0 Å². The fourth-order valence-corrected chi connectivity index (χ4v) is 4.94. The lowest BCUT2D eigenvalue weighted by atomic mass is 9.66. The molecule has 2 aromatic carbocycles. The number of nitrogens with zero attached hydrogens (tertiary/aromatic N) is 2. The Hall–Kier alpha value is -2.30. The average Bonchev–Trinajstić information content (AvgIpc) is 3.10. The normalized spacial score (nSPS) is 20.9. The molecule has 0 bridgehead atoms. The summed E-state index contributed by atoms with van der Waals surface area (Å²) in [7, 11) is -5.17. The summed E-state index contributed by atoms with van der Waals surface area (Å²) in [6, 6.07) is 20.8. The Kier molecular flexibility index (Phi) is 8.61. The van der Waals surface area contributed by atoms with Crippen LogP contribution in [0, 0.1) is 5.92 Å². The lowest BCUT2D eigenvalue weighted by Crippen LogP contribution is -2.43. The van der Waals surface area contributed by atoms with Crippen LogP contribution in [0.2, 0.25) is 0 Å². The highest BCUT2D eigenvalue weighted by molar-refractivity contribution is 7.79. The molecule has 2 aliphatic heterocycles. The molecule has 0 spiro atoms. The Labute approximate surface area is 195 Å². The number of benzene rings is 2. The van der Waals surface area contributed by atoms with Gasteiger partial charge in [-0.1, -0.05) is 60.7 Å². The smallest absolute Gasteiger partial charge is 0.238 e. The molecule has 0 saturated carbocycles. The molecule has 0 aliphatic carbocycles. The minimum Gasteiger partial charge on any atom is -0.759 e. The highest BCUT2D eigenvalue weighted by Gasteiger charge is 2.55. The monoisotopic (exact) mass is 474 g/mol. The van der Waals surface area contributed by atoms with Gasteiger partial charge < -0.3 is 18.7 Å². The largest absolute Gasteiger partial charge is 0.759 e. The molecule has 0 aromatic heterocycles. The van der Waals surface area contributed by atoms with Crippen LogP contribution in [0.4, 0.5) is 0 Å². The molecular formula is C24H30N2O6S-2. The molecule has 2 fully saturated rings. The van der Waals surface area contributed by atoms with Crippen LogP contribution >= 0.6 is 0 Å². The summed E-state index contributed by atoms with van der Waals surface area (Å²) in [6.07, 6.45) is 1.01. The zero-order valence-corrected chi connectivity index (χ0v) is 19.6. The fourth-order valence-electron chi connectivity index (χ4n) is 4.94. The van der Waals surface area contributed by atoms with Gasteiger partial charge in [0.15, 0.2) is 0 Å². The quantitative estimate of drug-likeness (QED) is 0.464. The number of hydrogen-bond donors (Lipinski definition) is 0. The predicted molar refractivity (Wildman–Crippen MR) is 122 cm³/mol. The molecule has 2 saturated heterocycles. The van der Waals surface area contributed by atoms with E-state index in [4.69, 9.17) is 22.3 Å². The Morgan fingerprint density at radius 2 is 1.45 bits per heavy atom. The van der Waals surface area contributed by atoms with Crippen molar-refractivity contribution in [2.24, 2.45) is 5.92 Å². The third-order valence-electron chi connectivity index (χ3n) is 6.42. The summed E-state index contributed by atoms with van der Waals surface area (Å²) >= 11 is 0. The van der Waals surface area contributed by atoms with Crippen molar-refractivity contribution in [3.05, 3.63) is 71.8 Å². The number of carbonyl (C=O) groups is 1. The Bertz CT molecular complexity index is 947. The molecule has 4 rings (SSSR count). The number of amides is 1. The average molecular weight is 475 g/mol. The van der Waals surface area contributed by atoms with Crippen molar-refractivity contribution in [2.45, 2.75) is 18.8 Å². The molecule has 1 amide bonds. The first-order chi connectivity index (χ1) is 15.8. The Morgan fingerprint density at radius 1 is 0.970 bits per heavy atom. The van der Waals surface area contributed by atoms with Crippen LogP contribution in [0.15, 0.2) is 60.7 Å². The molecule has 2 heterocycles. The molecule has 2 aromatic rings. The first kappa shape index (κ1) is 25.3. The molecular weight excluding hydrogens is 444 g/mol. The first-order valence-corrected chi connectivity index (χ1v) is 12.5. The number of hydrogen-bond acceptors (Lipinski definition) is 7. The van der Waals surface area contributed by atoms with E-state index in [0.29, 0.717) is 0 Å². The van der Waals surface area contributed by atoms with Crippen LogP contribution in [0.3, 0.4) is 0 Å². The van der Waals surface area contributed by atoms with Gasteiger partial charge in [-0.25, -0.2) is 0 Å². The molecule has 0 N–H and O–H groups in total. The van der Waals surface area contributed by atoms with E-state index in [9.17, 15) is 4.79 Å². The molecule has 0 unspecified atom stereocenters. The molecule has 2 aliphatic rings. The van der Waals surface area contributed by atoms with Crippen molar-refractivity contribution in [2.75, 3.05) is 45.9 Å². The topological polar surface area (TPSA) is 113 Å². The predicted octanol–water partition coefficient (Wildman–Crippen LogP) is 1.84. The minimum atomic E-state index is -5.17. The maximum atomic E-state index is 13.8. The maximum absolute atomic E-state index is 13.8. The molecule has 9 heteroatoms. The second-order valence-corrected chi connectivity index (χ2v) is 9.05. The van der Waals surface area contributed by atoms with E-state index in [2.05, 4.69) is 60.4 Å². The van der Waals surface area contributed by atoms with Gasteiger partial charge >= 0.3 is 0 Å². The second kappa shape index (κ2) is 11.2. The fraction of sp³-hybridized carbons (Fsp3) is 0.458. The highest BCUT2D eigenvalue weighted by Crippen LogP contribution is 2.47. The summed E-state index contributed by atoms with van der Waals surface area (Å²) < 4.78 is 39.6. The van der Waals surface area contributed by atoms with Crippen LogP contribution in [-0.4, -0.2) is 79.2 Å². The van der Waals surface area contributed by atoms with Gasteiger partial charge in [-0.15, -0.1) is 0 Å². The summed E-state index contributed by atoms with van der Waals surface area (Å²) in [5.74, 6) is 0.506. The first-order valence-electron chi connectivity index (χ1n) is 11.1. The molecule has 180 valence electrons. The van der Waals surface area contributed by atoms with Gasteiger partial charge in [0.1, 0.15) is 5.41 Å². The summed E-state index contributed by atoms with van der Waals surface area (Å²) in [6.45, 7) is 8.28. The third kappa shape index (κ3) is 6.18. The van der Waals surface area contributed by atoms with Crippen LogP contribution in [0.25, 0.3) is 0 Å². The van der Waals surface area contributed by atoms with Crippen molar-refractivity contribution < 1.29 is 27.1 Å². The highest BCUT2D eigenvalue weighted by atomic mass is 32.3. The van der Waals surface area contributed by atoms with Crippen molar-refractivity contribution in [1.82, 2.24) is 9.80 Å². The van der Waals surface area contributed by atoms with Gasteiger partial charge in [-0.2, -0.15) is 0 Å². The van der Waals surface area contributed by atoms with Crippen LogP contribution in [-0.2, 0) is 25.3 Å². The standard InChI is InChI=1S/C24H30N2O2.H2O4S/c1-2-26-19-22(13-14-25-15-17-28-18-16-25)24(23(26)27,20-9-5-3-6-10-20)21-11-7-4-8-12-21;1-5(2,3)4/h3-12,22H,2,13-19H2,1H3;(H2,1,2,3,4)/p-2/t22-;/m0./s1. The third-order valence-corrected chi connectivity index (χ3v) is 6.42. The van der Waals surface area contributed by atoms with E-state index in [0.717, 1.165) is 63.5 Å². The molecule has 8 nitrogen and oxygen atoms in total. The minimum absolute atomic E-state index is 0.249. The summed E-state index contributed by atoms with van der Waals surface area (Å²) in [4.78, 5) is 18.3. The van der Waals surface area contributed by atoms with Gasteiger partial charge in [-0.05, 0) is 31.0 Å². The molecule has 33 heavy (non-hydrogen) atoms. The molecule has 0 radical (unpaired) electrons. The lowest BCUT2D eigenvalue weighted by Gasteiger charge is -2.36. The van der Waals surface area contributed by atoms with E-state index < -0.39 is 15.8 Å². The SMILES string of the molecule is CCN1C[C@H](CCN2CCOCC2)C(c2ccccc2)(c2ccccc2)C1=O.O=S(=O)([O-])[O-]. The second-order valence-electron chi connectivity index (χ2n) is 8.23. The van der Waals surface area contributed by atoms with E-state index in [1.807, 2.05) is 17.0 Å². The van der Waals surface area contributed by atoms with Gasteiger partial charge in [0.05, 0.1) is 13.2 Å². The lowest BCUT2D eigenvalue weighted by molar-refractivity contribution is -0.131.